The molecule has 0 aromatic heterocycles. The van der Waals surface area contributed by atoms with Crippen LogP contribution in [-0.4, -0.2) is 44.7 Å². The third kappa shape index (κ3) is 2.30. The predicted octanol–water partition coefficient (Wildman–Crippen LogP) is 0.810. The van der Waals surface area contributed by atoms with Crippen molar-refractivity contribution in [2.24, 2.45) is 0 Å². The summed E-state index contributed by atoms with van der Waals surface area (Å²) in [4.78, 5) is 2.95. The minimum atomic E-state index is -3.08. The summed E-state index contributed by atoms with van der Waals surface area (Å²) < 4.78 is 24.4. The fourth-order valence-electron chi connectivity index (χ4n) is 2.98. The van der Waals surface area contributed by atoms with Gasteiger partial charge in [0.25, 0.3) is 0 Å². The Hall–Kier alpha value is -0.910. The van der Waals surface area contributed by atoms with E-state index in [9.17, 15) is 8.42 Å². The summed E-state index contributed by atoms with van der Waals surface area (Å²) in [6, 6.07) is 5.72. The van der Waals surface area contributed by atoms with Crippen LogP contribution in [0.15, 0.2) is 23.1 Å². The third-order valence-electron chi connectivity index (χ3n) is 4.16. The van der Waals surface area contributed by atoms with Crippen molar-refractivity contribution in [2.45, 2.75) is 30.0 Å². The number of hydrogen-bond acceptors (Lipinski definition) is 4. The van der Waals surface area contributed by atoms with Gasteiger partial charge in [0.05, 0.1) is 10.1 Å². The van der Waals surface area contributed by atoms with E-state index >= 15 is 0 Å². The molecule has 0 spiro atoms. The molecule has 1 aromatic rings. The van der Waals surface area contributed by atoms with Gasteiger partial charge in [-0.3, -0.25) is 4.90 Å². The molecule has 0 saturated carbocycles. The average molecular weight is 280 g/mol. The zero-order valence-corrected chi connectivity index (χ0v) is 12.0. The zero-order chi connectivity index (χ0) is 13.5. The highest BCUT2D eigenvalue weighted by Gasteiger charge is 2.35. The lowest BCUT2D eigenvalue weighted by Crippen LogP contribution is -2.43. The maximum atomic E-state index is 12.2. The van der Waals surface area contributed by atoms with Crippen molar-refractivity contribution >= 4 is 9.84 Å². The lowest BCUT2D eigenvalue weighted by atomic mass is 10.0. The van der Waals surface area contributed by atoms with Crippen molar-refractivity contribution < 1.29 is 8.42 Å². The second-order valence-corrected chi connectivity index (χ2v) is 7.81. The van der Waals surface area contributed by atoms with Gasteiger partial charge < -0.3 is 5.32 Å². The molecule has 1 fully saturated rings. The number of nitrogens with one attached hydrogen (secondary N) is 1. The first-order valence-electron chi connectivity index (χ1n) is 6.87. The summed E-state index contributed by atoms with van der Waals surface area (Å²) in [6.45, 7) is 6.78. The summed E-state index contributed by atoms with van der Waals surface area (Å²) in [5.74, 6) is 0. The van der Waals surface area contributed by atoms with Crippen LogP contribution in [0.3, 0.4) is 0 Å². The Bertz CT molecular complexity index is 577. The number of nitrogens with zero attached hydrogens (tertiary/aromatic N) is 1. The van der Waals surface area contributed by atoms with E-state index in [1.165, 1.54) is 5.56 Å². The van der Waals surface area contributed by atoms with Gasteiger partial charge in [0.1, 0.15) is 0 Å². The van der Waals surface area contributed by atoms with Gasteiger partial charge in [0.15, 0.2) is 9.84 Å². The number of benzene rings is 1. The normalized spacial score (nSPS) is 26.3. The van der Waals surface area contributed by atoms with Crippen LogP contribution in [0.5, 0.6) is 0 Å². The van der Waals surface area contributed by atoms with Crippen LogP contribution in [0.25, 0.3) is 0 Å². The number of fused-ring (bicyclic) bond motifs is 1. The molecule has 5 heteroatoms. The maximum absolute atomic E-state index is 12.2. The Kier molecular flexibility index (Phi) is 3.37. The van der Waals surface area contributed by atoms with E-state index in [1.807, 2.05) is 13.0 Å². The second-order valence-electron chi connectivity index (χ2n) is 5.48. The SMILES string of the molecule is CC1Cc2c(CN3CCNCC3)cccc2S1(=O)=O. The largest absolute Gasteiger partial charge is 0.314 e. The van der Waals surface area contributed by atoms with Crippen LogP contribution >= 0.6 is 0 Å². The maximum Gasteiger partial charge on any atom is 0.181 e. The third-order valence-corrected chi connectivity index (χ3v) is 6.38. The van der Waals surface area contributed by atoms with Crippen LogP contribution in [-0.2, 0) is 22.8 Å². The predicted molar refractivity (Wildman–Crippen MR) is 74.9 cm³/mol. The molecule has 0 aliphatic carbocycles. The van der Waals surface area contributed by atoms with E-state index in [1.54, 1.807) is 6.07 Å². The number of piperazine rings is 1. The first-order chi connectivity index (χ1) is 9.09. The van der Waals surface area contributed by atoms with Crippen molar-refractivity contribution in [2.75, 3.05) is 26.2 Å². The van der Waals surface area contributed by atoms with E-state index in [0.717, 1.165) is 38.3 Å². The molecule has 19 heavy (non-hydrogen) atoms. The van der Waals surface area contributed by atoms with Crippen molar-refractivity contribution in [3.63, 3.8) is 0 Å². The van der Waals surface area contributed by atoms with Crippen LogP contribution in [0.4, 0.5) is 0 Å². The molecule has 2 aliphatic heterocycles. The van der Waals surface area contributed by atoms with Gasteiger partial charge in [-0.2, -0.15) is 0 Å². The molecule has 1 atom stereocenters. The average Bonchev–Trinajstić information content (AvgIpc) is 2.64. The minimum Gasteiger partial charge on any atom is -0.314 e. The minimum absolute atomic E-state index is 0.272. The molecule has 1 unspecified atom stereocenters. The van der Waals surface area contributed by atoms with Crippen LogP contribution in [0, 0.1) is 0 Å². The van der Waals surface area contributed by atoms with Gasteiger partial charge >= 0.3 is 0 Å². The van der Waals surface area contributed by atoms with Gasteiger partial charge in [-0.15, -0.1) is 0 Å². The quantitative estimate of drug-likeness (QED) is 0.871. The Labute approximate surface area is 114 Å². The standard InChI is InChI=1S/C14H20N2O2S/c1-11-9-13-12(10-16-7-5-15-6-8-16)3-2-4-14(13)19(11,17)18/h2-4,11,15H,5-10H2,1H3. The number of sulfone groups is 1. The summed E-state index contributed by atoms with van der Waals surface area (Å²) in [6.07, 6.45) is 0.667. The van der Waals surface area contributed by atoms with Crippen LogP contribution < -0.4 is 5.32 Å². The molecule has 2 aliphatic rings. The molecule has 0 radical (unpaired) electrons. The first-order valence-corrected chi connectivity index (χ1v) is 8.41. The summed E-state index contributed by atoms with van der Waals surface area (Å²) in [7, 11) is -3.08. The number of rotatable bonds is 2. The van der Waals surface area contributed by atoms with E-state index in [2.05, 4.69) is 16.3 Å². The molecule has 1 N–H and O–H groups in total. The Morgan fingerprint density at radius 2 is 2.05 bits per heavy atom. The van der Waals surface area contributed by atoms with Crippen LogP contribution in [0.2, 0.25) is 0 Å². The van der Waals surface area contributed by atoms with E-state index < -0.39 is 9.84 Å². The van der Waals surface area contributed by atoms with Crippen molar-refractivity contribution in [1.82, 2.24) is 10.2 Å². The molecule has 104 valence electrons. The van der Waals surface area contributed by atoms with Gasteiger partial charge in [0.2, 0.25) is 0 Å². The van der Waals surface area contributed by atoms with E-state index in [-0.39, 0.29) is 5.25 Å². The molecule has 0 bridgehead atoms. The van der Waals surface area contributed by atoms with Gasteiger partial charge in [0, 0.05) is 32.7 Å². The Morgan fingerprint density at radius 3 is 2.79 bits per heavy atom. The highest BCUT2D eigenvalue weighted by molar-refractivity contribution is 7.92. The molecule has 4 nitrogen and oxygen atoms in total. The molecule has 1 aromatic carbocycles. The fraction of sp³-hybridized carbons (Fsp3) is 0.571. The molecular formula is C14H20N2O2S. The topological polar surface area (TPSA) is 49.4 Å². The lowest BCUT2D eigenvalue weighted by molar-refractivity contribution is 0.232. The molecule has 3 rings (SSSR count). The number of hydrogen-bond donors (Lipinski definition) is 1. The summed E-state index contributed by atoms with van der Waals surface area (Å²) in [5.41, 5.74) is 2.24. The summed E-state index contributed by atoms with van der Waals surface area (Å²) >= 11 is 0. The van der Waals surface area contributed by atoms with Crippen molar-refractivity contribution in [1.29, 1.82) is 0 Å². The Balaban J connectivity index is 1.90. The molecule has 2 heterocycles. The van der Waals surface area contributed by atoms with Gasteiger partial charge in [-0.05, 0) is 30.5 Å². The highest BCUT2D eigenvalue weighted by atomic mass is 32.2. The zero-order valence-electron chi connectivity index (χ0n) is 11.2. The summed E-state index contributed by atoms with van der Waals surface area (Å²) in [5, 5.41) is 3.06. The van der Waals surface area contributed by atoms with Gasteiger partial charge in [-0.25, -0.2) is 8.42 Å². The van der Waals surface area contributed by atoms with E-state index in [4.69, 9.17) is 0 Å². The first kappa shape index (κ1) is 13.1. The van der Waals surface area contributed by atoms with Crippen LogP contribution in [0.1, 0.15) is 18.1 Å². The fourth-order valence-corrected chi connectivity index (χ4v) is 4.63. The van der Waals surface area contributed by atoms with Crippen molar-refractivity contribution in [3.05, 3.63) is 29.3 Å². The molecule has 0 amide bonds. The highest BCUT2D eigenvalue weighted by Crippen LogP contribution is 2.33. The molecule has 1 saturated heterocycles. The van der Waals surface area contributed by atoms with E-state index in [0.29, 0.717) is 11.3 Å². The monoisotopic (exact) mass is 280 g/mol. The smallest absolute Gasteiger partial charge is 0.181 e. The van der Waals surface area contributed by atoms with Crippen molar-refractivity contribution in [3.8, 4) is 0 Å². The van der Waals surface area contributed by atoms with Gasteiger partial charge in [-0.1, -0.05) is 12.1 Å². The lowest BCUT2D eigenvalue weighted by Gasteiger charge is -2.27. The second kappa shape index (κ2) is 4.89. The molecular weight excluding hydrogens is 260 g/mol. The Morgan fingerprint density at radius 1 is 1.32 bits per heavy atom.